The summed E-state index contributed by atoms with van der Waals surface area (Å²) in [7, 11) is 3.09. The van der Waals surface area contributed by atoms with Gasteiger partial charge in [-0.15, -0.1) is 11.3 Å². The number of nitrogens with zero attached hydrogens (tertiary/aromatic N) is 1. The van der Waals surface area contributed by atoms with E-state index in [4.69, 9.17) is 18.9 Å². The molecule has 0 atom stereocenters. The summed E-state index contributed by atoms with van der Waals surface area (Å²) in [6, 6.07) is 10.3. The van der Waals surface area contributed by atoms with Gasteiger partial charge in [0.2, 0.25) is 12.7 Å². The molecule has 0 fully saturated rings. The Hall–Kier alpha value is -3.24. The Balaban J connectivity index is 1.31. The SMILES string of the molecule is COc1ccc(NC(=O)Cc2csc(SCC(=O)c3ccc4c(c3)OCO4)n2)c(OC)c1. The maximum absolute atomic E-state index is 12.5. The first-order valence-electron chi connectivity index (χ1n) is 9.57. The molecule has 0 saturated heterocycles. The highest BCUT2D eigenvalue weighted by Crippen LogP contribution is 2.33. The van der Waals surface area contributed by atoms with Gasteiger partial charge >= 0.3 is 0 Å². The van der Waals surface area contributed by atoms with E-state index in [1.54, 1.807) is 43.5 Å². The van der Waals surface area contributed by atoms with Crippen LogP contribution in [0.3, 0.4) is 0 Å². The van der Waals surface area contributed by atoms with Gasteiger partial charge in [0.25, 0.3) is 0 Å². The number of benzene rings is 2. The molecule has 8 nitrogen and oxygen atoms in total. The van der Waals surface area contributed by atoms with Gasteiger partial charge in [-0.25, -0.2) is 4.98 Å². The molecule has 166 valence electrons. The zero-order valence-corrected chi connectivity index (χ0v) is 19.0. The van der Waals surface area contributed by atoms with Crippen LogP contribution in [0.2, 0.25) is 0 Å². The molecule has 0 radical (unpaired) electrons. The molecule has 1 N–H and O–H groups in total. The summed E-state index contributed by atoms with van der Waals surface area (Å²) >= 11 is 2.74. The Labute approximate surface area is 192 Å². The number of fused-ring (bicyclic) bond motifs is 1. The van der Waals surface area contributed by atoms with E-state index in [1.165, 1.54) is 30.2 Å². The van der Waals surface area contributed by atoms with Gasteiger partial charge in [-0.05, 0) is 30.3 Å². The number of ether oxygens (including phenoxy) is 4. The lowest BCUT2D eigenvalue weighted by Crippen LogP contribution is -2.15. The molecular weight excluding hydrogens is 452 g/mol. The third kappa shape index (κ3) is 5.14. The largest absolute Gasteiger partial charge is 0.497 e. The van der Waals surface area contributed by atoms with Gasteiger partial charge in [-0.1, -0.05) is 11.8 Å². The number of hydrogen-bond acceptors (Lipinski definition) is 9. The number of thioether (sulfide) groups is 1. The van der Waals surface area contributed by atoms with Crippen LogP contribution in [0.4, 0.5) is 5.69 Å². The standard InChI is InChI=1S/C22H20N2O6S2/c1-27-15-4-5-16(19(9-15)28-2)24-21(26)8-14-10-31-22(23-14)32-11-17(25)13-3-6-18-20(7-13)30-12-29-18/h3-7,9-10H,8,11-12H2,1-2H3,(H,24,26). The number of anilines is 1. The maximum atomic E-state index is 12.5. The molecule has 0 spiro atoms. The fourth-order valence-electron chi connectivity index (χ4n) is 2.98. The first kappa shape index (κ1) is 22.0. The summed E-state index contributed by atoms with van der Waals surface area (Å²) < 4.78 is 21.8. The van der Waals surface area contributed by atoms with Crippen LogP contribution < -0.4 is 24.3 Å². The lowest BCUT2D eigenvalue weighted by atomic mass is 10.1. The number of methoxy groups -OCH3 is 2. The number of rotatable bonds is 9. The minimum absolute atomic E-state index is 0.0330. The summed E-state index contributed by atoms with van der Waals surface area (Å²) in [4.78, 5) is 29.4. The molecule has 2 heterocycles. The van der Waals surface area contributed by atoms with Crippen molar-refractivity contribution >= 4 is 40.5 Å². The van der Waals surface area contributed by atoms with E-state index in [0.29, 0.717) is 39.9 Å². The van der Waals surface area contributed by atoms with Crippen molar-refractivity contribution in [1.82, 2.24) is 4.98 Å². The van der Waals surface area contributed by atoms with Crippen LogP contribution in [0.1, 0.15) is 16.1 Å². The van der Waals surface area contributed by atoms with Gasteiger partial charge < -0.3 is 24.3 Å². The number of nitrogens with one attached hydrogen (secondary N) is 1. The van der Waals surface area contributed by atoms with Crippen LogP contribution >= 0.6 is 23.1 Å². The first-order chi connectivity index (χ1) is 15.6. The Bertz CT molecular complexity index is 1150. The third-order valence-corrected chi connectivity index (χ3v) is 6.65. The van der Waals surface area contributed by atoms with Crippen molar-refractivity contribution in [3.05, 3.63) is 53.0 Å². The highest BCUT2D eigenvalue weighted by Gasteiger charge is 2.17. The number of carbonyl (C=O) groups is 2. The van der Waals surface area contributed by atoms with Gasteiger partial charge in [0, 0.05) is 17.0 Å². The monoisotopic (exact) mass is 472 g/mol. The topological polar surface area (TPSA) is 96.0 Å². The van der Waals surface area contributed by atoms with E-state index in [1.807, 2.05) is 5.38 Å². The zero-order chi connectivity index (χ0) is 22.5. The summed E-state index contributed by atoms with van der Waals surface area (Å²) in [5, 5.41) is 4.64. The molecule has 0 saturated carbocycles. The molecule has 10 heteroatoms. The molecular formula is C22H20N2O6S2. The fraction of sp³-hybridized carbons (Fsp3) is 0.227. The number of aromatic nitrogens is 1. The molecule has 4 rings (SSSR count). The van der Waals surface area contributed by atoms with Gasteiger partial charge in [0.15, 0.2) is 21.6 Å². The highest BCUT2D eigenvalue weighted by atomic mass is 32.2. The van der Waals surface area contributed by atoms with E-state index in [2.05, 4.69) is 10.3 Å². The van der Waals surface area contributed by atoms with Crippen molar-refractivity contribution in [3.63, 3.8) is 0 Å². The molecule has 1 aromatic heterocycles. The second-order valence-electron chi connectivity index (χ2n) is 6.68. The van der Waals surface area contributed by atoms with E-state index < -0.39 is 0 Å². The molecule has 2 aromatic carbocycles. The number of thiazole rings is 1. The molecule has 0 aliphatic carbocycles. The zero-order valence-electron chi connectivity index (χ0n) is 17.4. The quantitative estimate of drug-likeness (QED) is 0.368. The number of amides is 1. The normalized spacial score (nSPS) is 11.8. The van der Waals surface area contributed by atoms with Crippen LogP contribution in [-0.2, 0) is 11.2 Å². The minimum Gasteiger partial charge on any atom is -0.497 e. The van der Waals surface area contributed by atoms with E-state index >= 15 is 0 Å². The van der Waals surface area contributed by atoms with Gasteiger partial charge in [-0.2, -0.15) is 0 Å². The number of Topliss-reactive ketones (excluding diaryl/α,β-unsaturated/α-hetero) is 1. The first-order valence-corrected chi connectivity index (χ1v) is 11.4. The summed E-state index contributed by atoms with van der Waals surface area (Å²) in [5.74, 6) is 2.36. The lowest BCUT2D eigenvalue weighted by molar-refractivity contribution is -0.115. The van der Waals surface area contributed by atoms with Gasteiger partial charge in [0.1, 0.15) is 11.5 Å². The number of ketones is 1. The van der Waals surface area contributed by atoms with Gasteiger partial charge in [0.05, 0.1) is 37.8 Å². The number of carbonyl (C=O) groups excluding carboxylic acids is 2. The maximum Gasteiger partial charge on any atom is 0.231 e. The van der Waals surface area contributed by atoms with Crippen LogP contribution in [0.15, 0.2) is 46.1 Å². The van der Waals surface area contributed by atoms with E-state index in [9.17, 15) is 9.59 Å². The Morgan fingerprint density at radius 1 is 1.12 bits per heavy atom. The molecule has 0 bridgehead atoms. The molecule has 1 amide bonds. The molecule has 0 unspecified atom stereocenters. The summed E-state index contributed by atoms with van der Waals surface area (Å²) in [5.41, 5.74) is 1.75. The average molecular weight is 473 g/mol. The van der Waals surface area contributed by atoms with Crippen LogP contribution in [-0.4, -0.2) is 43.4 Å². The predicted molar refractivity (Wildman–Crippen MR) is 122 cm³/mol. The molecule has 1 aliphatic rings. The van der Waals surface area contributed by atoms with Crippen molar-refractivity contribution in [2.75, 3.05) is 32.1 Å². The van der Waals surface area contributed by atoms with Crippen LogP contribution in [0.5, 0.6) is 23.0 Å². The smallest absolute Gasteiger partial charge is 0.231 e. The Kier molecular flexibility index (Phi) is 6.81. The van der Waals surface area contributed by atoms with Gasteiger partial charge in [-0.3, -0.25) is 9.59 Å². The van der Waals surface area contributed by atoms with E-state index in [-0.39, 0.29) is 30.7 Å². The molecule has 1 aliphatic heterocycles. The van der Waals surface area contributed by atoms with E-state index in [0.717, 1.165) is 4.34 Å². The summed E-state index contributed by atoms with van der Waals surface area (Å²) in [6.45, 7) is 0.169. The van der Waals surface area contributed by atoms with Crippen LogP contribution in [0.25, 0.3) is 0 Å². The predicted octanol–water partition coefficient (Wildman–Crippen LogP) is 4.05. The van der Waals surface area contributed by atoms with Crippen molar-refractivity contribution < 1.29 is 28.5 Å². The van der Waals surface area contributed by atoms with Crippen LogP contribution in [0, 0.1) is 0 Å². The Morgan fingerprint density at radius 3 is 2.78 bits per heavy atom. The Morgan fingerprint density at radius 2 is 1.97 bits per heavy atom. The second kappa shape index (κ2) is 9.92. The average Bonchev–Trinajstić information content (AvgIpc) is 3.46. The van der Waals surface area contributed by atoms with Crippen molar-refractivity contribution in [3.8, 4) is 23.0 Å². The lowest BCUT2D eigenvalue weighted by Gasteiger charge is -2.11. The highest BCUT2D eigenvalue weighted by molar-refractivity contribution is 8.01. The molecule has 3 aromatic rings. The van der Waals surface area contributed by atoms with Crippen molar-refractivity contribution in [1.29, 1.82) is 0 Å². The minimum atomic E-state index is -0.216. The summed E-state index contributed by atoms with van der Waals surface area (Å²) in [6.07, 6.45) is 0.113. The number of hydrogen-bond donors (Lipinski definition) is 1. The second-order valence-corrected chi connectivity index (χ2v) is 8.76. The third-order valence-electron chi connectivity index (χ3n) is 4.58. The van der Waals surface area contributed by atoms with Crippen molar-refractivity contribution in [2.45, 2.75) is 10.8 Å². The molecule has 32 heavy (non-hydrogen) atoms. The van der Waals surface area contributed by atoms with Crippen molar-refractivity contribution in [2.24, 2.45) is 0 Å². The fourth-order valence-corrected chi connectivity index (χ4v) is 4.72.